The molecule has 0 fully saturated rings. The number of anilines is 1. The lowest BCUT2D eigenvalue weighted by Crippen LogP contribution is -2.12. The Hall–Kier alpha value is -3.27. The highest BCUT2D eigenvalue weighted by atomic mass is 16.5. The molecule has 3 aromatic rings. The van der Waals surface area contributed by atoms with Crippen LogP contribution in [-0.4, -0.2) is 12.5 Å². The van der Waals surface area contributed by atoms with E-state index in [1.807, 2.05) is 66.7 Å². The predicted molar refractivity (Wildman–Crippen MR) is 107 cm³/mol. The average molecular weight is 361 g/mol. The molecule has 0 aromatic heterocycles. The van der Waals surface area contributed by atoms with E-state index in [4.69, 9.17) is 9.47 Å². The van der Waals surface area contributed by atoms with Gasteiger partial charge in [0.15, 0.2) is 0 Å². The molecule has 3 rings (SSSR count). The smallest absolute Gasteiger partial charge is 0.255 e. The number of carbonyl (C=O) groups excluding carboxylic acids is 1. The van der Waals surface area contributed by atoms with Crippen LogP contribution in [0.3, 0.4) is 0 Å². The first kappa shape index (κ1) is 18.5. The molecule has 4 nitrogen and oxygen atoms in total. The van der Waals surface area contributed by atoms with Gasteiger partial charge >= 0.3 is 0 Å². The molecule has 0 atom stereocenters. The molecule has 3 aromatic carbocycles. The number of nitrogens with one attached hydrogen (secondary N) is 1. The Morgan fingerprint density at radius 2 is 1.59 bits per heavy atom. The van der Waals surface area contributed by atoms with Crippen molar-refractivity contribution in [2.75, 3.05) is 11.9 Å². The maximum Gasteiger partial charge on any atom is 0.255 e. The summed E-state index contributed by atoms with van der Waals surface area (Å²) in [6.07, 6.45) is 0.937. The number of carbonyl (C=O) groups is 1. The van der Waals surface area contributed by atoms with Gasteiger partial charge in [-0.05, 0) is 42.3 Å². The maximum atomic E-state index is 12.6. The van der Waals surface area contributed by atoms with Gasteiger partial charge in [0, 0.05) is 17.3 Å². The first-order valence-corrected chi connectivity index (χ1v) is 9.05. The summed E-state index contributed by atoms with van der Waals surface area (Å²) in [5, 5.41) is 2.90. The van der Waals surface area contributed by atoms with Gasteiger partial charge in [-0.15, -0.1) is 0 Å². The standard InChI is InChI=1S/C23H23NO3/c1-2-14-26-22-13-7-11-20(16-22)24-23(25)19-10-6-12-21(15-19)27-17-18-8-4-3-5-9-18/h3-13,15-16H,2,14,17H2,1H3,(H,24,25). The van der Waals surface area contributed by atoms with Gasteiger partial charge in [-0.2, -0.15) is 0 Å². The minimum atomic E-state index is -0.187. The highest BCUT2D eigenvalue weighted by Crippen LogP contribution is 2.20. The summed E-state index contributed by atoms with van der Waals surface area (Å²) in [7, 11) is 0. The van der Waals surface area contributed by atoms with Gasteiger partial charge in [-0.25, -0.2) is 0 Å². The topological polar surface area (TPSA) is 47.6 Å². The minimum absolute atomic E-state index is 0.187. The summed E-state index contributed by atoms with van der Waals surface area (Å²) < 4.78 is 11.4. The van der Waals surface area contributed by atoms with Gasteiger partial charge in [0.05, 0.1) is 6.61 Å². The zero-order valence-electron chi connectivity index (χ0n) is 15.4. The normalized spacial score (nSPS) is 10.3. The van der Waals surface area contributed by atoms with E-state index in [0.717, 1.165) is 17.7 Å². The van der Waals surface area contributed by atoms with Crippen LogP contribution in [0.1, 0.15) is 29.3 Å². The van der Waals surface area contributed by atoms with Gasteiger partial charge in [0.25, 0.3) is 5.91 Å². The fourth-order valence-corrected chi connectivity index (χ4v) is 2.55. The van der Waals surface area contributed by atoms with E-state index in [1.54, 1.807) is 12.1 Å². The third-order valence-electron chi connectivity index (χ3n) is 3.91. The zero-order chi connectivity index (χ0) is 18.9. The van der Waals surface area contributed by atoms with Crippen molar-refractivity contribution < 1.29 is 14.3 Å². The van der Waals surface area contributed by atoms with Gasteiger partial charge < -0.3 is 14.8 Å². The Bertz CT molecular complexity index is 878. The largest absolute Gasteiger partial charge is 0.494 e. The van der Waals surface area contributed by atoms with Crippen LogP contribution in [0.5, 0.6) is 11.5 Å². The fourth-order valence-electron chi connectivity index (χ4n) is 2.55. The lowest BCUT2D eigenvalue weighted by molar-refractivity contribution is 0.102. The van der Waals surface area contributed by atoms with Gasteiger partial charge in [-0.1, -0.05) is 49.4 Å². The summed E-state index contributed by atoms with van der Waals surface area (Å²) in [5.74, 6) is 1.22. The second-order valence-corrected chi connectivity index (χ2v) is 6.13. The van der Waals surface area contributed by atoms with E-state index in [0.29, 0.717) is 30.2 Å². The Morgan fingerprint density at radius 3 is 2.37 bits per heavy atom. The third-order valence-corrected chi connectivity index (χ3v) is 3.91. The van der Waals surface area contributed by atoms with Crippen molar-refractivity contribution in [3.63, 3.8) is 0 Å². The molecule has 0 saturated carbocycles. The highest BCUT2D eigenvalue weighted by molar-refractivity contribution is 6.04. The summed E-state index contributed by atoms with van der Waals surface area (Å²) in [4.78, 5) is 12.6. The predicted octanol–water partition coefficient (Wildman–Crippen LogP) is 5.31. The first-order valence-electron chi connectivity index (χ1n) is 9.05. The molecule has 0 unspecified atom stereocenters. The van der Waals surface area contributed by atoms with E-state index in [2.05, 4.69) is 12.2 Å². The molecule has 0 spiro atoms. The van der Waals surface area contributed by atoms with Crippen molar-refractivity contribution in [2.45, 2.75) is 20.0 Å². The molecule has 138 valence electrons. The Kier molecular flexibility index (Phi) is 6.47. The molecule has 4 heteroatoms. The van der Waals surface area contributed by atoms with Crippen molar-refractivity contribution in [1.82, 2.24) is 0 Å². The summed E-state index contributed by atoms with van der Waals surface area (Å²) >= 11 is 0. The Labute approximate surface area is 159 Å². The quantitative estimate of drug-likeness (QED) is 0.592. The van der Waals surface area contributed by atoms with Crippen LogP contribution in [0.25, 0.3) is 0 Å². The summed E-state index contributed by atoms with van der Waals surface area (Å²) in [5.41, 5.74) is 2.32. The molecule has 0 aliphatic carbocycles. The van der Waals surface area contributed by atoms with E-state index in [9.17, 15) is 4.79 Å². The molecule has 0 saturated heterocycles. The van der Waals surface area contributed by atoms with E-state index in [-0.39, 0.29) is 5.91 Å². The van der Waals surface area contributed by atoms with Crippen LogP contribution in [0.2, 0.25) is 0 Å². The summed E-state index contributed by atoms with van der Waals surface area (Å²) in [6.45, 7) is 3.17. The molecule has 0 aliphatic heterocycles. The average Bonchev–Trinajstić information content (AvgIpc) is 2.72. The highest BCUT2D eigenvalue weighted by Gasteiger charge is 2.08. The monoisotopic (exact) mass is 361 g/mol. The van der Waals surface area contributed by atoms with E-state index >= 15 is 0 Å². The molecule has 1 N–H and O–H groups in total. The molecular weight excluding hydrogens is 338 g/mol. The number of amides is 1. The van der Waals surface area contributed by atoms with Crippen LogP contribution in [0.15, 0.2) is 78.9 Å². The number of ether oxygens (including phenoxy) is 2. The zero-order valence-corrected chi connectivity index (χ0v) is 15.4. The van der Waals surface area contributed by atoms with Crippen molar-refractivity contribution in [1.29, 1.82) is 0 Å². The van der Waals surface area contributed by atoms with Gasteiger partial charge in [0.1, 0.15) is 18.1 Å². The molecule has 1 amide bonds. The van der Waals surface area contributed by atoms with Gasteiger partial charge in [-0.3, -0.25) is 4.79 Å². The molecule has 0 radical (unpaired) electrons. The maximum absolute atomic E-state index is 12.6. The molecule has 0 bridgehead atoms. The van der Waals surface area contributed by atoms with Crippen LogP contribution < -0.4 is 14.8 Å². The number of hydrogen-bond donors (Lipinski definition) is 1. The van der Waals surface area contributed by atoms with Crippen LogP contribution >= 0.6 is 0 Å². The summed E-state index contributed by atoms with van der Waals surface area (Å²) in [6, 6.07) is 24.5. The molecule has 0 heterocycles. The minimum Gasteiger partial charge on any atom is -0.494 e. The SMILES string of the molecule is CCCOc1cccc(NC(=O)c2cccc(OCc3ccccc3)c2)c1. The lowest BCUT2D eigenvalue weighted by Gasteiger charge is -2.10. The van der Waals surface area contributed by atoms with Crippen LogP contribution in [0.4, 0.5) is 5.69 Å². The van der Waals surface area contributed by atoms with Gasteiger partial charge in [0.2, 0.25) is 0 Å². The van der Waals surface area contributed by atoms with Crippen molar-refractivity contribution >= 4 is 11.6 Å². The van der Waals surface area contributed by atoms with Crippen molar-refractivity contribution in [3.05, 3.63) is 90.0 Å². The van der Waals surface area contributed by atoms with E-state index < -0.39 is 0 Å². The number of hydrogen-bond acceptors (Lipinski definition) is 3. The molecular formula is C23H23NO3. The second kappa shape index (κ2) is 9.43. The Balaban J connectivity index is 1.63. The number of benzene rings is 3. The first-order chi connectivity index (χ1) is 13.2. The second-order valence-electron chi connectivity index (χ2n) is 6.13. The van der Waals surface area contributed by atoms with Crippen molar-refractivity contribution in [3.8, 4) is 11.5 Å². The fraction of sp³-hybridized carbons (Fsp3) is 0.174. The molecule has 0 aliphatic rings. The van der Waals surface area contributed by atoms with E-state index in [1.165, 1.54) is 0 Å². The lowest BCUT2D eigenvalue weighted by atomic mass is 10.2. The molecule has 27 heavy (non-hydrogen) atoms. The Morgan fingerprint density at radius 1 is 0.852 bits per heavy atom. The van der Waals surface area contributed by atoms with Crippen LogP contribution in [0, 0.1) is 0 Å². The van der Waals surface area contributed by atoms with Crippen molar-refractivity contribution in [2.24, 2.45) is 0 Å². The third kappa shape index (κ3) is 5.61. The van der Waals surface area contributed by atoms with Crippen LogP contribution in [-0.2, 0) is 6.61 Å². The number of rotatable bonds is 8.